The second kappa shape index (κ2) is 9.78. The summed E-state index contributed by atoms with van der Waals surface area (Å²) >= 11 is 0. The molecule has 0 saturated carbocycles. The highest BCUT2D eigenvalue weighted by atomic mass is 16.5. The van der Waals surface area contributed by atoms with Gasteiger partial charge in [-0.15, -0.1) is 10.2 Å². The largest absolute Gasteiger partial charge is 0.507 e. The molecule has 34 heavy (non-hydrogen) atoms. The van der Waals surface area contributed by atoms with Crippen molar-refractivity contribution in [2.24, 2.45) is 0 Å². The number of hydrogen-bond donors (Lipinski definition) is 2. The first-order chi connectivity index (χ1) is 16.4. The van der Waals surface area contributed by atoms with Crippen molar-refractivity contribution in [1.29, 1.82) is 0 Å². The number of hydrogen-bond acceptors (Lipinski definition) is 6. The van der Waals surface area contributed by atoms with Gasteiger partial charge in [0.15, 0.2) is 5.82 Å². The lowest BCUT2D eigenvalue weighted by Crippen LogP contribution is -2.26. The summed E-state index contributed by atoms with van der Waals surface area (Å²) in [7, 11) is 1.57. The number of nitrogens with one attached hydrogen (secondary N) is 1. The molecule has 1 amide bonds. The molecule has 0 bridgehead atoms. The van der Waals surface area contributed by atoms with Crippen molar-refractivity contribution in [3.05, 3.63) is 72.1 Å². The monoisotopic (exact) mass is 460 g/mol. The molecule has 2 aromatic heterocycles. The summed E-state index contributed by atoms with van der Waals surface area (Å²) in [6, 6.07) is 11.2. The molecule has 2 N–H and O–H groups in total. The van der Waals surface area contributed by atoms with Gasteiger partial charge in [-0.25, -0.2) is 4.98 Å². The van der Waals surface area contributed by atoms with E-state index in [1.807, 2.05) is 61.9 Å². The fourth-order valence-corrected chi connectivity index (χ4v) is 3.82. The van der Waals surface area contributed by atoms with Gasteiger partial charge in [-0.3, -0.25) is 9.36 Å². The van der Waals surface area contributed by atoms with Gasteiger partial charge in [0.25, 0.3) is 5.91 Å². The topological polar surface area (TPSA) is 107 Å². The van der Waals surface area contributed by atoms with Gasteiger partial charge >= 0.3 is 0 Å². The van der Waals surface area contributed by atoms with Crippen LogP contribution in [0.1, 0.15) is 48.4 Å². The predicted octanol–water partition coefficient (Wildman–Crippen LogP) is 3.77. The second-order valence-corrected chi connectivity index (χ2v) is 8.21. The molecule has 0 aliphatic carbocycles. The van der Waals surface area contributed by atoms with E-state index >= 15 is 0 Å². The molecule has 9 nitrogen and oxygen atoms in total. The highest BCUT2D eigenvalue weighted by Crippen LogP contribution is 2.38. The van der Waals surface area contributed by atoms with Gasteiger partial charge in [-0.2, -0.15) is 0 Å². The van der Waals surface area contributed by atoms with Crippen LogP contribution in [0.3, 0.4) is 0 Å². The summed E-state index contributed by atoms with van der Waals surface area (Å²) in [4.78, 5) is 16.9. The highest BCUT2D eigenvalue weighted by Gasteiger charge is 2.24. The normalized spacial score (nSPS) is 11.1. The molecular weight excluding hydrogens is 432 g/mol. The van der Waals surface area contributed by atoms with E-state index in [0.717, 1.165) is 11.1 Å². The zero-order chi connectivity index (χ0) is 24.2. The van der Waals surface area contributed by atoms with Crippen LogP contribution in [-0.4, -0.2) is 49.0 Å². The zero-order valence-electron chi connectivity index (χ0n) is 19.7. The van der Waals surface area contributed by atoms with Crippen molar-refractivity contribution >= 4 is 5.91 Å². The van der Waals surface area contributed by atoms with Gasteiger partial charge in [0.1, 0.15) is 11.5 Å². The van der Waals surface area contributed by atoms with Gasteiger partial charge < -0.3 is 19.7 Å². The Morgan fingerprint density at radius 2 is 1.94 bits per heavy atom. The van der Waals surface area contributed by atoms with Crippen molar-refractivity contribution in [1.82, 2.24) is 29.6 Å². The Morgan fingerprint density at radius 1 is 1.18 bits per heavy atom. The average Bonchev–Trinajstić information content (AvgIpc) is 3.49. The molecule has 0 atom stereocenters. The minimum absolute atomic E-state index is 0.00548. The third-order valence-corrected chi connectivity index (χ3v) is 5.53. The third kappa shape index (κ3) is 4.50. The van der Waals surface area contributed by atoms with Gasteiger partial charge in [-0.1, -0.05) is 26.0 Å². The number of carbonyl (C=O) groups excluding carboxylic acids is 1. The van der Waals surface area contributed by atoms with Crippen LogP contribution in [0.2, 0.25) is 0 Å². The molecule has 4 rings (SSSR count). The number of amides is 1. The first kappa shape index (κ1) is 23.0. The Kier molecular flexibility index (Phi) is 6.62. The maximum absolute atomic E-state index is 12.8. The number of ether oxygens (including phenoxy) is 1. The first-order valence-corrected chi connectivity index (χ1v) is 11.1. The molecule has 176 valence electrons. The molecule has 0 unspecified atom stereocenters. The van der Waals surface area contributed by atoms with Gasteiger partial charge in [0.05, 0.1) is 19.0 Å². The van der Waals surface area contributed by atoms with Crippen molar-refractivity contribution in [3.8, 4) is 28.6 Å². The van der Waals surface area contributed by atoms with Crippen LogP contribution in [0.5, 0.6) is 11.5 Å². The molecular formula is C25H28N6O3. The lowest BCUT2D eigenvalue weighted by atomic mass is 9.98. The fraction of sp³-hybridized carbons (Fsp3) is 0.280. The maximum atomic E-state index is 12.8. The fourth-order valence-electron chi connectivity index (χ4n) is 3.82. The van der Waals surface area contributed by atoms with Crippen molar-refractivity contribution in [3.63, 3.8) is 0 Å². The second-order valence-electron chi connectivity index (χ2n) is 8.21. The summed E-state index contributed by atoms with van der Waals surface area (Å²) in [5.74, 6) is 0.896. The minimum Gasteiger partial charge on any atom is -0.507 e. The van der Waals surface area contributed by atoms with E-state index in [-0.39, 0.29) is 23.4 Å². The minimum atomic E-state index is -0.346. The van der Waals surface area contributed by atoms with E-state index in [1.165, 1.54) is 0 Å². The lowest BCUT2D eigenvalue weighted by Gasteiger charge is -2.16. The van der Waals surface area contributed by atoms with Crippen molar-refractivity contribution < 1.29 is 14.6 Å². The summed E-state index contributed by atoms with van der Waals surface area (Å²) in [5, 5.41) is 22.1. The van der Waals surface area contributed by atoms with E-state index < -0.39 is 0 Å². The van der Waals surface area contributed by atoms with E-state index in [1.54, 1.807) is 30.3 Å². The van der Waals surface area contributed by atoms with Crippen molar-refractivity contribution in [2.75, 3.05) is 13.7 Å². The molecule has 0 saturated heterocycles. The van der Waals surface area contributed by atoms with E-state index in [4.69, 9.17) is 4.74 Å². The zero-order valence-corrected chi connectivity index (χ0v) is 19.7. The van der Waals surface area contributed by atoms with Gasteiger partial charge in [0.2, 0.25) is 5.82 Å². The van der Waals surface area contributed by atoms with Crippen LogP contribution in [0.15, 0.2) is 55.1 Å². The number of nitrogens with zero attached hydrogens (tertiary/aromatic N) is 5. The first-order valence-electron chi connectivity index (χ1n) is 11.1. The Labute approximate surface area is 198 Å². The average molecular weight is 461 g/mol. The molecule has 0 spiro atoms. The number of methoxy groups -OCH3 is 1. The Morgan fingerprint density at radius 3 is 2.56 bits per heavy atom. The summed E-state index contributed by atoms with van der Waals surface area (Å²) in [6.07, 6.45) is 5.40. The summed E-state index contributed by atoms with van der Waals surface area (Å²) in [5.41, 5.74) is 3.16. The Hall–Kier alpha value is -4.14. The van der Waals surface area contributed by atoms with Gasteiger partial charge in [0, 0.05) is 37.2 Å². The maximum Gasteiger partial charge on any atom is 0.289 e. The van der Waals surface area contributed by atoms with Crippen LogP contribution in [0.4, 0.5) is 0 Å². The summed E-state index contributed by atoms with van der Waals surface area (Å²) < 4.78 is 9.09. The molecule has 0 aliphatic rings. The smallest absolute Gasteiger partial charge is 0.289 e. The Balaban J connectivity index is 1.83. The quantitative estimate of drug-likeness (QED) is 0.415. The number of phenolic OH excluding ortho intramolecular Hbond substituents is 1. The lowest BCUT2D eigenvalue weighted by molar-refractivity contribution is 0.0943. The van der Waals surface area contributed by atoms with Crippen LogP contribution >= 0.6 is 0 Å². The predicted molar refractivity (Wildman–Crippen MR) is 128 cm³/mol. The van der Waals surface area contributed by atoms with Crippen LogP contribution in [0, 0.1) is 0 Å². The van der Waals surface area contributed by atoms with E-state index in [2.05, 4.69) is 20.5 Å². The number of aromatic nitrogens is 5. The number of phenols is 1. The standard InChI is InChI=1S/C25H28N6O3/c1-5-27-25(33)24-29-28-23(20-12-19(16(2)3)22(34-4)13-21(20)32)31(24)18-8-6-17(7-9-18)14-30-11-10-26-15-30/h6-13,15-16,32H,5,14H2,1-4H3,(H,27,33). The molecule has 4 aromatic rings. The molecule has 0 aliphatic heterocycles. The number of benzene rings is 2. The Bertz CT molecular complexity index is 1280. The van der Waals surface area contributed by atoms with Crippen LogP contribution < -0.4 is 10.1 Å². The molecule has 0 fully saturated rings. The molecule has 0 radical (unpaired) electrons. The number of carbonyl (C=O) groups is 1. The van der Waals surface area contributed by atoms with Crippen molar-refractivity contribution in [2.45, 2.75) is 33.2 Å². The SMILES string of the molecule is CCNC(=O)c1nnc(-c2cc(C(C)C)c(OC)cc2O)n1-c1ccc(Cn2ccnc2)cc1. The van der Waals surface area contributed by atoms with Gasteiger partial charge in [-0.05, 0) is 42.2 Å². The molecule has 9 heteroatoms. The number of rotatable bonds is 8. The molecule has 2 aromatic carbocycles. The highest BCUT2D eigenvalue weighted by molar-refractivity contribution is 5.92. The third-order valence-electron chi connectivity index (χ3n) is 5.53. The van der Waals surface area contributed by atoms with E-state index in [0.29, 0.717) is 35.9 Å². The van der Waals surface area contributed by atoms with E-state index in [9.17, 15) is 9.90 Å². The van der Waals surface area contributed by atoms with Crippen LogP contribution in [-0.2, 0) is 6.54 Å². The van der Waals surface area contributed by atoms with Crippen LogP contribution in [0.25, 0.3) is 17.1 Å². The number of aromatic hydroxyl groups is 1. The molecule has 2 heterocycles. The summed E-state index contributed by atoms with van der Waals surface area (Å²) in [6.45, 7) is 7.06. The number of imidazole rings is 1.